The number of fused-ring (bicyclic) bond motifs is 4. The number of imide groups is 4. The lowest BCUT2D eigenvalue weighted by Gasteiger charge is -2.33. The predicted molar refractivity (Wildman–Crippen MR) is 512 cm³/mol. The number of halogens is 2. The fraction of sp³-hybridized carbons (Fsp3) is 0.538. The summed E-state index contributed by atoms with van der Waals surface area (Å²) < 4.78 is 41.6. The van der Waals surface area contributed by atoms with E-state index in [1.54, 1.807) is 67.2 Å². The summed E-state index contributed by atoms with van der Waals surface area (Å²) in [6, 6.07) is 20.1. The van der Waals surface area contributed by atoms with Gasteiger partial charge in [0, 0.05) is 103 Å². The molecule has 8 aromatic rings. The fourth-order valence-corrected chi connectivity index (χ4v) is 18.8. The van der Waals surface area contributed by atoms with Gasteiger partial charge in [-0.3, -0.25) is 96.2 Å². The van der Waals surface area contributed by atoms with E-state index in [4.69, 9.17) is 23.5 Å². The highest BCUT2D eigenvalue weighted by atomic mass is 79.9. The van der Waals surface area contributed by atoms with E-state index in [2.05, 4.69) is 48.6 Å². The van der Waals surface area contributed by atoms with E-state index in [9.17, 15) is 71.9 Å². The number of likely N-dealkylation sites (tertiary alicyclic amines) is 1. The van der Waals surface area contributed by atoms with Crippen LogP contribution < -0.4 is 49.3 Å². The first-order valence-electron chi connectivity index (χ1n) is 44.8. The Bertz CT molecular complexity index is 6200. The molecule has 11 amide bonds. The zero-order chi connectivity index (χ0) is 95.2. The molecule has 9 aliphatic heterocycles. The van der Waals surface area contributed by atoms with Crippen molar-refractivity contribution in [3.05, 3.63) is 154 Å². The van der Waals surface area contributed by atoms with E-state index in [1.807, 2.05) is 163 Å². The Kier molecular flexibility index (Phi) is 31.6. The Hall–Kier alpha value is -11.0. The minimum Gasteiger partial charge on any atom is -0.444 e. The molecule has 17 rings (SSSR count). The van der Waals surface area contributed by atoms with Gasteiger partial charge >= 0.3 is 48.2 Å². The summed E-state index contributed by atoms with van der Waals surface area (Å²) in [5.74, 6) is -2.30. The lowest BCUT2D eigenvalue weighted by Crippen LogP contribution is -2.44. The number of hydrogen-bond acceptors (Lipinski definition) is 21. The van der Waals surface area contributed by atoms with Gasteiger partial charge in [0.15, 0.2) is 0 Å². The highest BCUT2D eigenvalue weighted by molar-refractivity contribution is 9.10. The van der Waals surface area contributed by atoms with Crippen LogP contribution >= 0.6 is 38.2 Å². The molecule has 0 spiro atoms. The molecule has 718 valence electrons. The average Bonchev–Trinajstić information content (AvgIpc) is 1.60. The number of rotatable bonds is 8. The zero-order valence-electron chi connectivity index (χ0n) is 78.8. The average molecular weight is 1940 g/mol. The van der Waals surface area contributed by atoms with Crippen molar-refractivity contribution in [3.8, 4) is 0 Å². The van der Waals surface area contributed by atoms with E-state index in [-0.39, 0.29) is 137 Å². The monoisotopic (exact) mass is 1940 g/mol. The minimum absolute atomic E-state index is 0. The largest absolute Gasteiger partial charge is 0.490 e. The Morgan fingerprint density at radius 1 is 0.406 bits per heavy atom. The number of piperidine rings is 6. The first-order valence-corrected chi connectivity index (χ1v) is 45.6. The third-order valence-corrected chi connectivity index (χ3v) is 26.2. The number of para-hydroxylation sites is 4. The first kappa shape index (κ1) is 102. The number of carbonyl (C=O) groups is 11. The Morgan fingerprint density at radius 3 is 1.08 bits per heavy atom. The molecule has 7 fully saturated rings. The minimum atomic E-state index is -0.720. The molecular weight excluding hydrogens is 1820 g/mol. The molecule has 40 heteroatoms. The second kappa shape index (κ2) is 41.0. The molecule has 36 nitrogen and oxygen atoms in total. The topological polar surface area (TPSA) is 412 Å². The molecule has 133 heavy (non-hydrogen) atoms. The number of benzene rings is 4. The summed E-state index contributed by atoms with van der Waals surface area (Å²) in [5.41, 5.74) is 7.99. The number of amides is 11. The maximum Gasteiger partial charge on any atom is 0.490 e. The van der Waals surface area contributed by atoms with Crippen LogP contribution in [0.3, 0.4) is 0 Å². The summed E-state index contributed by atoms with van der Waals surface area (Å²) in [6.45, 7) is 30.1. The van der Waals surface area contributed by atoms with Crippen LogP contribution in [-0.2, 0) is 90.1 Å². The third kappa shape index (κ3) is 22.3. The van der Waals surface area contributed by atoms with E-state index < -0.39 is 64.6 Å². The van der Waals surface area contributed by atoms with Gasteiger partial charge in [-0.2, -0.15) is 9.90 Å². The van der Waals surface area contributed by atoms with Gasteiger partial charge in [0.1, 0.15) is 41.0 Å². The molecule has 0 radical (unpaired) electrons. The fourth-order valence-electron chi connectivity index (χ4n) is 18.2. The Morgan fingerprint density at radius 2 is 0.729 bits per heavy atom. The van der Waals surface area contributed by atoms with Crippen LogP contribution in [0.2, 0.25) is 0 Å². The van der Waals surface area contributed by atoms with Crippen LogP contribution in [0.1, 0.15) is 233 Å². The number of nitrogens with zero attached hydrogens (tertiary/aromatic N) is 11. The lowest BCUT2D eigenvalue weighted by molar-refractivity contribution is -0.137. The maximum atomic E-state index is 13.1. The van der Waals surface area contributed by atoms with Crippen LogP contribution in [0, 0.1) is 0 Å². The number of carbonyl (C=O) groups excluding carboxylic acids is 11. The molecule has 0 saturated carbocycles. The summed E-state index contributed by atoms with van der Waals surface area (Å²) >= 11 is 3.42. The Labute approximate surface area is 788 Å². The van der Waals surface area contributed by atoms with Crippen molar-refractivity contribution in [3.63, 3.8) is 0 Å². The Balaban J connectivity index is 0.000000161. The van der Waals surface area contributed by atoms with Gasteiger partial charge in [-0.05, 0) is 248 Å². The smallest absolute Gasteiger partial charge is 0.444 e. The number of imidazole rings is 4. The first-order chi connectivity index (χ1) is 61.6. The van der Waals surface area contributed by atoms with Gasteiger partial charge in [0.2, 0.25) is 47.3 Å². The zero-order valence-corrected chi connectivity index (χ0v) is 82.6. The molecule has 4 aromatic heterocycles. The molecular formula is C93H124BBrClN16O20P. The molecule has 5 atom stereocenters. The number of aryl methyl sites for hydroxylation is 4. The number of ether oxygens (including phenoxy) is 3. The second-order valence-corrected chi connectivity index (χ2v) is 39.5. The van der Waals surface area contributed by atoms with Crippen molar-refractivity contribution in [2.45, 2.75) is 244 Å². The standard InChI is InChI=1S/C23H30N4O5.C23H28N4O5.C18H22N4O3.C16H28BNO4.C13H12BrN3O3.ClH.H3P/c2*1-23(2,3)32-22(31)26-12-10-14(11-13-26)15-6-5-7-16-19(15)25(4)21(30)27(16)17-8-9-18(28)24-20(17)29;1-21-16-12(11-7-9-19-10-8-11)3-2-4-13(16)22(18(21)25)14-5-6-15(23)20-17(14)24;1-14(2,3)20-13(19)18-10-8-12(9-11-18)17-21-15(4,5)16(6,7)22-17;1-16-11-7(14)3-2-4-8(11)17(13(16)20)9-5-6-10(18)15-12(9)19;;/h5-7,14,17H,8-13H2,1-4H3,(H,24,28,29);5-7,10,17H,8-9,11-13H2,1-4H3,(H,24,28,29);2-4,11,14,19H,5-10H2,1H3,(H,20,23,24);8H,9-11H2,1-7H3;2-4,9H,5-6H2,1H3,(H,15,18,19);1H;1H3. The van der Waals surface area contributed by atoms with E-state index >= 15 is 0 Å². The molecule has 4 aromatic carbocycles. The van der Waals surface area contributed by atoms with Crippen molar-refractivity contribution in [1.29, 1.82) is 0 Å². The predicted octanol–water partition coefficient (Wildman–Crippen LogP) is 10.3. The summed E-state index contributed by atoms with van der Waals surface area (Å²) in [5, 5.41) is 12.7. The maximum absolute atomic E-state index is 13.1. The van der Waals surface area contributed by atoms with Crippen LogP contribution in [0.5, 0.6) is 0 Å². The van der Waals surface area contributed by atoms with Crippen molar-refractivity contribution in [2.24, 2.45) is 28.2 Å². The summed E-state index contributed by atoms with van der Waals surface area (Å²) in [6.07, 6.45) is 10.3. The lowest BCUT2D eigenvalue weighted by atomic mass is 9.75. The molecule has 0 bridgehead atoms. The highest BCUT2D eigenvalue weighted by Crippen LogP contribution is 2.42. The molecule has 0 aliphatic carbocycles. The third-order valence-electron chi connectivity index (χ3n) is 25.5. The van der Waals surface area contributed by atoms with Crippen LogP contribution in [0.25, 0.3) is 49.7 Å². The quantitative estimate of drug-likeness (QED) is 0.0408. The van der Waals surface area contributed by atoms with Crippen molar-refractivity contribution >= 4 is 161 Å². The number of hydrogen-bond donors (Lipinski definition) is 5. The van der Waals surface area contributed by atoms with E-state index in [1.165, 1.54) is 23.8 Å². The molecule has 13 heterocycles. The summed E-state index contributed by atoms with van der Waals surface area (Å²) in [7, 11) is 6.51. The van der Waals surface area contributed by atoms with Crippen LogP contribution in [0.15, 0.2) is 114 Å². The SMILES string of the molecule is CC(C)(C)OC(=O)N1CC=C(B2OC(C)(C)C(C)(C)O2)CC1.Cl.Cn1c(=O)n(C2CCC(=O)NC2=O)c2cccc(Br)c21.Cn1c(=O)n(C2CCC(=O)NC2=O)c2cccc(C3=CCN(C(=O)OC(C)(C)C)CC3)c21.Cn1c(=O)n(C2CCC(=O)NC2=O)c2cccc(C3CCN(C(=O)OC(C)(C)C)CC3)c21.Cn1c(=O)n(C2CCC(=O)NC2=O)c2cccc(C3CCNCC3)c21.P. The van der Waals surface area contributed by atoms with Gasteiger partial charge in [0.05, 0.1) is 55.3 Å². The normalized spacial score (nSPS) is 20.8. The molecule has 5 N–H and O–H groups in total. The van der Waals surface area contributed by atoms with Gasteiger partial charge in [0.25, 0.3) is 0 Å². The van der Waals surface area contributed by atoms with Crippen molar-refractivity contribution < 1.29 is 76.3 Å². The van der Waals surface area contributed by atoms with Crippen molar-refractivity contribution in [1.82, 2.24) is 77.8 Å². The molecule has 7 saturated heterocycles. The van der Waals surface area contributed by atoms with Crippen LogP contribution in [-0.4, -0.2) is 204 Å². The molecule has 9 aliphatic rings. The van der Waals surface area contributed by atoms with Gasteiger partial charge in [-0.25, -0.2) is 33.6 Å². The second-order valence-electron chi connectivity index (χ2n) is 38.6. The highest BCUT2D eigenvalue weighted by Gasteiger charge is 2.53. The molecule has 5 unspecified atom stereocenters. The van der Waals surface area contributed by atoms with E-state index in [0.717, 1.165) is 99.4 Å². The van der Waals surface area contributed by atoms with Gasteiger partial charge in [-0.15, -0.1) is 12.4 Å². The summed E-state index contributed by atoms with van der Waals surface area (Å²) in [4.78, 5) is 188. The number of nitrogens with one attached hydrogen (secondary N) is 5. The van der Waals surface area contributed by atoms with Crippen LogP contribution in [0.4, 0.5) is 14.4 Å². The van der Waals surface area contributed by atoms with Crippen molar-refractivity contribution in [2.75, 3.05) is 52.4 Å². The number of aromatic nitrogens is 8. The van der Waals surface area contributed by atoms with Gasteiger partial charge in [-0.1, -0.05) is 54.6 Å². The van der Waals surface area contributed by atoms with E-state index in [0.29, 0.717) is 93.8 Å². The van der Waals surface area contributed by atoms with Gasteiger partial charge < -0.3 is 43.5 Å².